The van der Waals surface area contributed by atoms with Crippen LogP contribution in [-0.2, 0) is 0 Å². The van der Waals surface area contributed by atoms with Crippen molar-refractivity contribution >= 4 is 6.08 Å². The molecular formula is C18H18O. The zero-order valence-corrected chi connectivity index (χ0v) is 11.2. The fourth-order valence-corrected chi connectivity index (χ4v) is 1.86. The summed E-state index contributed by atoms with van der Waals surface area (Å²) in [7, 11) is 0. The summed E-state index contributed by atoms with van der Waals surface area (Å²) in [4.78, 5) is 0. The van der Waals surface area contributed by atoms with Crippen LogP contribution < -0.4 is 0 Å². The molecule has 0 heterocycles. The molecular weight excluding hydrogens is 232 g/mol. The molecule has 1 aromatic carbocycles. The van der Waals surface area contributed by atoms with Crippen molar-refractivity contribution in [2.75, 3.05) is 0 Å². The molecule has 0 aromatic heterocycles. The van der Waals surface area contributed by atoms with Gasteiger partial charge in [-0.15, -0.1) is 5.92 Å². The second kappa shape index (κ2) is 6.83. The monoisotopic (exact) mass is 250 g/mol. The van der Waals surface area contributed by atoms with Crippen LogP contribution in [0.25, 0.3) is 6.08 Å². The molecule has 1 heteroatoms. The Morgan fingerprint density at radius 1 is 1.11 bits per heavy atom. The third-order valence-electron chi connectivity index (χ3n) is 3.02. The third-order valence-corrected chi connectivity index (χ3v) is 3.02. The lowest BCUT2D eigenvalue weighted by atomic mass is 10.0. The lowest BCUT2D eigenvalue weighted by Gasteiger charge is -2.05. The van der Waals surface area contributed by atoms with Gasteiger partial charge < -0.3 is 5.11 Å². The minimum atomic E-state index is -0.771. The highest BCUT2D eigenvalue weighted by molar-refractivity contribution is 5.61. The van der Waals surface area contributed by atoms with E-state index >= 15 is 0 Å². The van der Waals surface area contributed by atoms with Crippen LogP contribution in [0.5, 0.6) is 0 Å². The van der Waals surface area contributed by atoms with E-state index in [1.807, 2.05) is 18.2 Å². The van der Waals surface area contributed by atoms with Gasteiger partial charge in [0.15, 0.2) is 0 Å². The lowest BCUT2D eigenvalue weighted by Crippen LogP contribution is -2.06. The number of rotatable bonds is 1. The van der Waals surface area contributed by atoms with Gasteiger partial charge >= 0.3 is 0 Å². The van der Waals surface area contributed by atoms with E-state index in [0.717, 1.165) is 31.2 Å². The van der Waals surface area contributed by atoms with Crippen molar-refractivity contribution in [3.8, 4) is 23.7 Å². The first-order valence-corrected chi connectivity index (χ1v) is 6.69. The Balaban J connectivity index is 2.28. The average molecular weight is 250 g/mol. The summed E-state index contributed by atoms with van der Waals surface area (Å²) in [5, 5.41) is 10.1. The van der Waals surface area contributed by atoms with Crippen LogP contribution in [0.2, 0.25) is 0 Å². The Labute approximate surface area is 115 Å². The van der Waals surface area contributed by atoms with Gasteiger partial charge in [0.25, 0.3) is 0 Å². The number of aliphatic hydroxyl groups excluding tert-OH is 1. The minimum absolute atomic E-state index is 0.693. The highest BCUT2D eigenvalue weighted by Gasteiger charge is 2.05. The summed E-state index contributed by atoms with van der Waals surface area (Å²) in [6.45, 7) is 2.06. The molecule has 0 amide bonds. The van der Waals surface area contributed by atoms with Gasteiger partial charge in [0.2, 0.25) is 0 Å². The van der Waals surface area contributed by atoms with Gasteiger partial charge in [-0.25, -0.2) is 0 Å². The zero-order valence-electron chi connectivity index (χ0n) is 11.2. The SMILES string of the molecule is Cc1ccc(/C=C2\C#CCCCCC#CC2O)cc1. The van der Waals surface area contributed by atoms with Gasteiger partial charge in [-0.2, -0.15) is 0 Å². The number of aliphatic hydroxyl groups is 1. The van der Waals surface area contributed by atoms with Crippen LogP contribution in [0.3, 0.4) is 0 Å². The van der Waals surface area contributed by atoms with Gasteiger partial charge in [0.1, 0.15) is 6.10 Å². The molecule has 0 saturated carbocycles. The maximum absolute atomic E-state index is 10.1. The van der Waals surface area contributed by atoms with E-state index < -0.39 is 6.10 Å². The van der Waals surface area contributed by atoms with E-state index in [4.69, 9.17) is 0 Å². The van der Waals surface area contributed by atoms with E-state index in [9.17, 15) is 5.11 Å². The first-order valence-electron chi connectivity index (χ1n) is 6.69. The van der Waals surface area contributed by atoms with E-state index in [2.05, 4.69) is 42.7 Å². The molecule has 0 spiro atoms. The van der Waals surface area contributed by atoms with Crippen molar-refractivity contribution in [1.82, 2.24) is 0 Å². The first-order chi connectivity index (χ1) is 9.25. The Bertz CT molecular complexity index is 570. The van der Waals surface area contributed by atoms with E-state index in [1.54, 1.807) is 0 Å². The summed E-state index contributed by atoms with van der Waals surface area (Å²) in [5.74, 6) is 12.1. The summed E-state index contributed by atoms with van der Waals surface area (Å²) in [6, 6.07) is 8.17. The van der Waals surface area contributed by atoms with Crippen molar-refractivity contribution in [2.24, 2.45) is 0 Å². The highest BCUT2D eigenvalue weighted by atomic mass is 16.3. The molecule has 0 bridgehead atoms. The van der Waals surface area contributed by atoms with Crippen LogP contribution in [0.15, 0.2) is 29.8 Å². The van der Waals surface area contributed by atoms with E-state index in [-0.39, 0.29) is 0 Å². The number of aryl methyl sites for hydroxylation is 1. The van der Waals surface area contributed by atoms with Gasteiger partial charge in [-0.1, -0.05) is 47.6 Å². The van der Waals surface area contributed by atoms with E-state index in [0.29, 0.717) is 5.57 Å². The maximum atomic E-state index is 10.1. The largest absolute Gasteiger partial charge is 0.375 e. The average Bonchev–Trinajstić information content (AvgIpc) is 2.42. The van der Waals surface area contributed by atoms with Crippen molar-refractivity contribution in [3.05, 3.63) is 41.0 Å². The normalized spacial score (nSPS) is 20.9. The van der Waals surface area contributed by atoms with Crippen molar-refractivity contribution in [2.45, 2.75) is 38.7 Å². The molecule has 1 aliphatic carbocycles. The van der Waals surface area contributed by atoms with Gasteiger partial charge in [0.05, 0.1) is 0 Å². The predicted octanol–water partition coefficient (Wildman–Crippen LogP) is 3.32. The second-order valence-corrected chi connectivity index (χ2v) is 4.74. The van der Waals surface area contributed by atoms with Crippen molar-refractivity contribution in [1.29, 1.82) is 0 Å². The first kappa shape index (κ1) is 13.5. The molecule has 0 radical (unpaired) electrons. The quantitative estimate of drug-likeness (QED) is 0.758. The summed E-state index contributed by atoms with van der Waals surface area (Å²) in [6.07, 6.45) is 5.01. The molecule has 1 aliphatic rings. The fraction of sp³-hybridized carbons (Fsp3) is 0.333. The van der Waals surface area contributed by atoms with Crippen molar-refractivity contribution in [3.63, 3.8) is 0 Å². The van der Waals surface area contributed by atoms with Crippen LogP contribution in [0.4, 0.5) is 0 Å². The number of hydrogen-bond acceptors (Lipinski definition) is 1. The molecule has 96 valence electrons. The van der Waals surface area contributed by atoms with Crippen LogP contribution >= 0.6 is 0 Å². The Morgan fingerprint density at radius 3 is 2.53 bits per heavy atom. The van der Waals surface area contributed by atoms with Crippen LogP contribution in [-0.4, -0.2) is 11.2 Å². The van der Waals surface area contributed by atoms with Gasteiger partial charge in [-0.3, -0.25) is 0 Å². The minimum Gasteiger partial charge on any atom is -0.375 e. The standard InChI is InChI=1S/C18H18O/c1-15-10-12-16(13-11-15)14-17-8-6-4-2-3-5-7-9-18(17)19/h10-14,18-19H,2-5H2,1H3/b17-14+. The maximum Gasteiger partial charge on any atom is 0.147 e. The molecule has 2 rings (SSSR count). The summed E-state index contributed by atoms with van der Waals surface area (Å²) in [5.41, 5.74) is 2.96. The lowest BCUT2D eigenvalue weighted by molar-refractivity contribution is 0.274. The Kier molecular flexibility index (Phi) is 4.85. The number of benzene rings is 1. The Hall–Kier alpha value is -1.96. The molecule has 1 aromatic rings. The van der Waals surface area contributed by atoms with Crippen molar-refractivity contribution < 1.29 is 5.11 Å². The van der Waals surface area contributed by atoms with Gasteiger partial charge in [-0.05, 0) is 31.4 Å². The summed E-state index contributed by atoms with van der Waals surface area (Å²) < 4.78 is 0. The molecule has 0 fully saturated rings. The summed E-state index contributed by atoms with van der Waals surface area (Å²) >= 11 is 0. The van der Waals surface area contributed by atoms with Crippen LogP contribution in [0, 0.1) is 30.6 Å². The topological polar surface area (TPSA) is 20.2 Å². The van der Waals surface area contributed by atoms with Crippen LogP contribution in [0.1, 0.15) is 36.8 Å². The molecule has 1 unspecified atom stereocenters. The van der Waals surface area contributed by atoms with Gasteiger partial charge in [0, 0.05) is 18.4 Å². The third kappa shape index (κ3) is 4.32. The van der Waals surface area contributed by atoms with E-state index in [1.165, 1.54) is 5.56 Å². The zero-order chi connectivity index (χ0) is 13.5. The fourth-order valence-electron chi connectivity index (χ4n) is 1.86. The highest BCUT2D eigenvalue weighted by Crippen LogP contribution is 2.12. The Morgan fingerprint density at radius 2 is 1.79 bits per heavy atom. The molecule has 1 N–H and O–H groups in total. The molecule has 0 saturated heterocycles. The molecule has 1 nitrogen and oxygen atoms in total. The predicted molar refractivity (Wildman–Crippen MR) is 79.2 cm³/mol. The number of hydrogen-bond donors (Lipinski definition) is 1. The molecule has 0 aliphatic heterocycles. The molecule has 1 atom stereocenters. The molecule has 19 heavy (non-hydrogen) atoms. The smallest absolute Gasteiger partial charge is 0.147 e. The second-order valence-electron chi connectivity index (χ2n) is 4.74.